The highest BCUT2D eigenvalue weighted by atomic mass is 19.3. The fourth-order valence-electron chi connectivity index (χ4n) is 3.72. The molecule has 36 heavy (non-hydrogen) atoms. The molecule has 2 aromatic heterocycles. The molecule has 6 rings (SSSR count). The third-order valence-corrected chi connectivity index (χ3v) is 5.17. The largest absolute Gasteiger partial charge is 0.586 e. The zero-order valence-corrected chi connectivity index (χ0v) is 17.8. The summed E-state index contributed by atoms with van der Waals surface area (Å²) in [4.78, 5) is 5.51. The van der Waals surface area contributed by atoms with E-state index in [9.17, 15) is 17.6 Å². The van der Waals surface area contributed by atoms with Gasteiger partial charge in [-0.05, 0) is 12.1 Å². The van der Waals surface area contributed by atoms with Crippen LogP contribution in [0.25, 0.3) is 22.3 Å². The molecule has 0 radical (unpaired) electrons. The number of benzene rings is 2. The van der Waals surface area contributed by atoms with Crippen LogP contribution in [0, 0.1) is 22.7 Å². The summed E-state index contributed by atoms with van der Waals surface area (Å²) in [5.74, 6) is -0.192. The number of hydrogen-bond donors (Lipinski definition) is 2. The summed E-state index contributed by atoms with van der Waals surface area (Å²) in [6.45, 7) is 0. The zero-order chi connectivity index (χ0) is 25.5. The molecule has 0 saturated heterocycles. The van der Waals surface area contributed by atoms with Gasteiger partial charge in [-0.2, -0.15) is 10.5 Å². The Labute approximate surface area is 199 Å². The Bertz CT molecular complexity index is 1430. The van der Waals surface area contributed by atoms with Crippen LogP contribution in [0.1, 0.15) is 11.1 Å². The first kappa shape index (κ1) is 22.7. The molecular weight excluding hydrogens is 484 g/mol. The number of rotatable bonds is 2. The first-order chi connectivity index (χ1) is 17.2. The van der Waals surface area contributed by atoms with Gasteiger partial charge >= 0.3 is 12.6 Å². The highest BCUT2D eigenvalue weighted by Gasteiger charge is 2.45. The highest BCUT2D eigenvalue weighted by Crippen LogP contribution is 2.48. The van der Waals surface area contributed by atoms with E-state index >= 15 is 0 Å². The van der Waals surface area contributed by atoms with Gasteiger partial charge in [0.15, 0.2) is 23.0 Å². The zero-order valence-electron chi connectivity index (χ0n) is 17.8. The van der Waals surface area contributed by atoms with E-state index in [2.05, 4.69) is 28.9 Å². The minimum Gasteiger partial charge on any atom is -0.395 e. The average Bonchev–Trinajstić information content (AvgIpc) is 3.60. The summed E-state index contributed by atoms with van der Waals surface area (Å²) >= 11 is 0. The van der Waals surface area contributed by atoms with Gasteiger partial charge in [-0.25, -0.2) is 0 Å². The van der Waals surface area contributed by atoms with Crippen LogP contribution >= 0.6 is 0 Å². The molecule has 2 N–H and O–H groups in total. The van der Waals surface area contributed by atoms with Crippen molar-refractivity contribution in [1.82, 2.24) is 9.97 Å². The number of halogens is 4. The van der Waals surface area contributed by atoms with Crippen LogP contribution in [0.3, 0.4) is 0 Å². The topological polar surface area (TPSA) is 116 Å². The second kappa shape index (κ2) is 8.29. The second-order valence-corrected chi connectivity index (χ2v) is 7.39. The number of nitriles is 2. The smallest absolute Gasteiger partial charge is 0.395 e. The molecule has 4 aromatic rings. The Kier molecular flexibility index (Phi) is 5.22. The number of nitrogens with one attached hydrogen (secondary N) is 2. The lowest BCUT2D eigenvalue weighted by Crippen LogP contribution is -2.26. The molecule has 0 fully saturated rings. The lowest BCUT2D eigenvalue weighted by atomic mass is 10.0. The standard InChI is InChI=1S/2C12H6F2N2O2/c2*13-12(14)17-10-3-1-2-8(11(10)18-12)9-6-16-5-7(9)4-15/h2*1-3,5-6,16H. The van der Waals surface area contributed by atoms with E-state index in [4.69, 9.17) is 10.5 Å². The van der Waals surface area contributed by atoms with Crippen LogP contribution < -0.4 is 18.9 Å². The van der Waals surface area contributed by atoms with Crippen molar-refractivity contribution < 1.29 is 36.5 Å². The minimum absolute atomic E-state index is 0.0393. The number of ether oxygens (including phenoxy) is 4. The summed E-state index contributed by atoms with van der Waals surface area (Å²) < 4.78 is 69.8. The molecule has 2 aromatic carbocycles. The molecule has 0 bridgehead atoms. The molecule has 2 aliphatic rings. The van der Waals surface area contributed by atoms with Crippen molar-refractivity contribution in [2.45, 2.75) is 12.6 Å². The Morgan fingerprint density at radius 3 is 1.39 bits per heavy atom. The molecule has 0 saturated carbocycles. The second-order valence-electron chi connectivity index (χ2n) is 7.39. The van der Waals surface area contributed by atoms with Crippen molar-refractivity contribution in [2.24, 2.45) is 0 Å². The fraction of sp³-hybridized carbons (Fsp3) is 0.0833. The molecule has 0 spiro atoms. The summed E-state index contributed by atoms with van der Waals surface area (Å²) in [5.41, 5.74) is 2.47. The van der Waals surface area contributed by atoms with E-state index in [1.165, 1.54) is 24.5 Å². The fourth-order valence-corrected chi connectivity index (χ4v) is 3.72. The van der Waals surface area contributed by atoms with Gasteiger partial charge in [0, 0.05) is 47.0 Å². The van der Waals surface area contributed by atoms with Gasteiger partial charge in [0.05, 0.1) is 11.1 Å². The molecule has 8 nitrogen and oxygen atoms in total. The maximum absolute atomic E-state index is 13.0. The van der Waals surface area contributed by atoms with Crippen LogP contribution in [0.2, 0.25) is 0 Å². The third kappa shape index (κ3) is 4.01. The van der Waals surface area contributed by atoms with Gasteiger partial charge in [-0.3, -0.25) is 0 Å². The van der Waals surface area contributed by atoms with E-state index in [0.29, 0.717) is 33.4 Å². The molecule has 4 heterocycles. The van der Waals surface area contributed by atoms with Crippen molar-refractivity contribution in [3.63, 3.8) is 0 Å². The number of fused-ring (bicyclic) bond motifs is 2. The lowest BCUT2D eigenvalue weighted by Gasteiger charge is -2.06. The normalized spacial score (nSPS) is 15.4. The Hall–Kier alpha value is -5.10. The van der Waals surface area contributed by atoms with Crippen molar-refractivity contribution in [2.75, 3.05) is 0 Å². The Morgan fingerprint density at radius 2 is 1.00 bits per heavy atom. The highest BCUT2D eigenvalue weighted by molar-refractivity contribution is 5.79. The number of aromatic nitrogens is 2. The summed E-state index contributed by atoms with van der Waals surface area (Å²) in [7, 11) is 0. The number of para-hydroxylation sites is 2. The maximum Gasteiger partial charge on any atom is 0.586 e. The van der Waals surface area contributed by atoms with Crippen LogP contribution in [0.4, 0.5) is 17.6 Å². The maximum atomic E-state index is 13.0. The molecule has 12 heteroatoms. The molecule has 0 aliphatic carbocycles. The molecule has 0 atom stereocenters. The number of nitrogens with zero attached hydrogens (tertiary/aromatic N) is 2. The van der Waals surface area contributed by atoms with Gasteiger partial charge in [0.1, 0.15) is 12.1 Å². The third-order valence-electron chi connectivity index (χ3n) is 5.17. The van der Waals surface area contributed by atoms with E-state index in [1.807, 2.05) is 12.1 Å². The Morgan fingerprint density at radius 1 is 0.583 bits per heavy atom. The van der Waals surface area contributed by atoms with Crippen LogP contribution in [-0.4, -0.2) is 22.6 Å². The summed E-state index contributed by atoms with van der Waals surface area (Å²) in [5, 5.41) is 17.9. The predicted molar refractivity (Wildman–Crippen MR) is 114 cm³/mol. The molecular formula is C24H12F4N4O4. The van der Waals surface area contributed by atoms with E-state index < -0.39 is 12.6 Å². The first-order valence-electron chi connectivity index (χ1n) is 10.1. The van der Waals surface area contributed by atoms with Gasteiger partial charge in [0.25, 0.3) is 0 Å². The van der Waals surface area contributed by atoms with Gasteiger partial charge < -0.3 is 28.9 Å². The van der Waals surface area contributed by atoms with E-state index in [1.54, 1.807) is 36.7 Å². The molecule has 2 aliphatic heterocycles. The van der Waals surface area contributed by atoms with Crippen LogP contribution in [0.15, 0.2) is 61.2 Å². The first-order valence-corrected chi connectivity index (χ1v) is 10.1. The lowest BCUT2D eigenvalue weighted by molar-refractivity contribution is -0.287. The minimum atomic E-state index is -3.67. The SMILES string of the molecule is N#Cc1c[nH]cc1-c1cccc2c1OC(F)(F)O2.N#Cc1c[nH]cc1-c1cccc2c1OC(F)(F)O2. The van der Waals surface area contributed by atoms with Gasteiger partial charge in [0.2, 0.25) is 0 Å². The monoisotopic (exact) mass is 496 g/mol. The van der Waals surface area contributed by atoms with Crippen molar-refractivity contribution in [1.29, 1.82) is 10.5 Å². The molecule has 0 amide bonds. The Balaban J connectivity index is 0.000000148. The molecule has 0 unspecified atom stereocenters. The van der Waals surface area contributed by atoms with E-state index in [-0.39, 0.29) is 23.0 Å². The number of H-pyrrole nitrogens is 2. The average molecular weight is 496 g/mol. The van der Waals surface area contributed by atoms with Crippen molar-refractivity contribution in [3.05, 3.63) is 72.3 Å². The van der Waals surface area contributed by atoms with Crippen LogP contribution in [-0.2, 0) is 0 Å². The quantitative estimate of drug-likeness (QED) is 0.342. The van der Waals surface area contributed by atoms with Crippen molar-refractivity contribution in [3.8, 4) is 57.4 Å². The number of hydrogen-bond acceptors (Lipinski definition) is 6. The number of aromatic amines is 2. The number of alkyl halides is 4. The van der Waals surface area contributed by atoms with E-state index in [0.717, 1.165) is 0 Å². The van der Waals surface area contributed by atoms with Crippen LogP contribution in [0.5, 0.6) is 23.0 Å². The molecule has 180 valence electrons. The van der Waals surface area contributed by atoms with Gasteiger partial charge in [-0.1, -0.05) is 24.3 Å². The predicted octanol–water partition coefficient (Wildman–Crippen LogP) is 5.75. The van der Waals surface area contributed by atoms with Gasteiger partial charge in [-0.15, -0.1) is 17.6 Å². The van der Waals surface area contributed by atoms with Crippen molar-refractivity contribution >= 4 is 0 Å². The summed E-state index contributed by atoms with van der Waals surface area (Å²) in [6, 6.07) is 13.0. The summed E-state index contributed by atoms with van der Waals surface area (Å²) in [6.07, 6.45) is -1.25.